The number of rotatable bonds is 5. The number of nitrogens with zero attached hydrogens (tertiary/aromatic N) is 1. The van der Waals surface area contributed by atoms with Crippen LogP contribution in [0.2, 0.25) is 0 Å². The molecule has 0 aromatic carbocycles. The number of unbranched alkanes of at least 4 members (excludes halogenated alkanes) is 1. The number of nitrogen functional groups attached to an aromatic ring is 1. The summed E-state index contributed by atoms with van der Waals surface area (Å²) in [5.41, 5.74) is 5.52. The van der Waals surface area contributed by atoms with E-state index in [1.54, 1.807) is 0 Å². The molecule has 2 atom stereocenters. The lowest BCUT2D eigenvalue weighted by molar-refractivity contribution is 0.597. The van der Waals surface area contributed by atoms with Crippen molar-refractivity contribution in [3.8, 4) is 0 Å². The summed E-state index contributed by atoms with van der Waals surface area (Å²) >= 11 is 0. The molecule has 4 N–H and O–H groups in total. The van der Waals surface area contributed by atoms with Gasteiger partial charge in [0.15, 0.2) is 0 Å². The van der Waals surface area contributed by atoms with Crippen molar-refractivity contribution in [1.82, 2.24) is 9.55 Å². The van der Waals surface area contributed by atoms with Gasteiger partial charge in [-0.25, -0.2) is 4.79 Å². The summed E-state index contributed by atoms with van der Waals surface area (Å²) in [5.74, 6) is 0.922. The summed E-state index contributed by atoms with van der Waals surface area (Å²) in [6.45, 7) is 4.79. The van der Waals surface area contributed by atoms with E-state index in [9.17, 15) is 9.59 Å². The molecular formula is C14H24N4O2. The Bertz CT molecular complexity index is 576. The highest BCUT2D eigenvalue weighted by Crippen LogP contribution is 2.27. The lowest BCUT2D eigenvalue weighted by Gasteiger charge is -2.17. The minimum atomic E-state index is -0.425. The topological polar surface area (TPSA) is 92.9 Å². The van der Waals surface area contributed by atoms with Gasteiger partial charge < -0.3 is 11.1 Å². The summed E-state index contributed by atoms with van der Waals surface area (Å²) in [6, 6.07) is 0.269. The Morgan fingerprint density at radius 2 is 2.15 bits per heavy atom. The van der Waals surface area contributed by atoms with Gasteiger partial charge in [-0.05, 0) is 31.6 Å². The van der Waals surface area contributed by atoms with Crippen LogP contribution in [0.5, 0.6) is 0 Å². The van der Waals surface area contributed by atoms with Crippen molar-refractivity contribution in [2.24, 2.45) is 5.92 Å². The van der Waals surface area contributed by atoms with Gasteiger partial charge >= 0.3 is 5.69 Å². The Kier molecular flexibility index (Phi) is 4.52. The molecule has 2 unspecified atom stereocenters. The fourth-order valence-corrected chi connectivity index (χ4v) is 2.81. The molecular weight excluding hydrogens is 256 g/mol. The lowest BCUT2D eigenvalue weighted by Crippen LogP contribution is -2.35. The van der Waals surface area contributed by atoms with E-state index in [1.165, 1.54) is 4.57 Å². The molecule has 1 heterocycles. The number of hydrogen-bond acceptors (Lipinski definition) is 4. The fourth-order valence-electron chi connectivity index (χ4n) is 2.81. The highest BCUT2D eigenvalue weighted by atomic mass is 16.2. The molecule has 0 amide bonds. The van der Waals surface area contributed by atoms with Crippen molar-refractivity contribution in [1.29, 1.82) is 0 Å². The molecule has 2 rings (SSSR count). The molecule has 20 heavy (non-hydrogen) atoms. The molecule has 0 radical (unpaired) electrons. The van der Waals surface area contributed by atoms with Crippen LogP contribution in [-0.4, -0.2) is 15.6 Å². The maximum Gasteiger partial charge on any atom is 0.330 e. The second-order valence-electron chi connectivity index (χ2n) is 5.78. The molecule has 1 aliphatic carbocycles. The Labute approximate surface area is 118 Å². The zero-order chi connectivity index (χ0) is 14.7. The fraction of sp³-hybridized carbons (Fsp3) is 0.714. The molecule has 6 heteroatoms. The first-order chi connectivity index (χ1) is 9.52. The molecule has 1 aromatic heterocycles. The smallest absolute Gasteiger partial charge is 0.330 e. The second kappa shape index (κ2) is 6.15. The molecule has 1 fully saturated rings. The van der Waals surface area contributed by atoms with E-state index in [0.717, 1.165) is 32.1 Å². The second-order valence-corrected chi connectivity index (χ2v) is 5.78. The zero-order valence-corrected chi connectivity index (χ0v) is 12.2. The van der Waals surface area contributed by atoms with Crippen LogP contribution in [0.15, 0.2) is 9.59 Å². The molecule has 112 valence electrons. The van der Waals surface area contributed by atoms with Crippen LogP contribution in [0.25, 0.3) is 0 Å². The lowest BCUT2D eigenvalue weighted by atomic mass is 10.1. The zero-order valence-electron chi connectivity index (χ0n) is 12.2. The van der Waals surface area contributed by atoms with Gasteiger partial charge in [0.05, 0.1) is 0 Å². The van der Waals surface area contributed by atoms with E-state index in [4.69, 9.17) is 5.73 Å². The number of H-pyrrole nitrogens is 1. The monoisotopic (exact) mass is 280 g/mol. The molecule has 6 nitrogen and oxygen atoms in total. The van der Waals surface area contributed by atoms with Gasteiger partial charge in [-0.1, -0.05) is 20.3 Å². The predicted octanol–water partition coefficient (Wildman–Crippen LogP) is 1.52. The van der Waals surface area contributed by atoms with Gasteiger partial charge in [0.25, 0.3) is 5.56 Å². The minimum Gasteiger partial charge on any atom is -0.383 e. The average Bonchev–Trinajstić information content (AvgIpc) is 2.80. The van der Waals surface area contributed by atoms with Crippen LogP contribution in [0, 0.1) is 5.92 Å². The Hall–Kier alpha value is -1.72. The standard InChI is InChI=1S/C14H24N4O2/c1-3-4-7-18-12(15)11(13(19)17-14(18)20)16-10-6-5-9(2)8-10/h9-10,16H,3-8,15H2,1-2H3,(H,17,19,20). The van der Waals surface area contributed by atoms with Crippen molar-refractivity contribution < 1.29 is 0 Å². The van der Waals surface area contributed by atoms with Gasteiger partial charge in [0.1, 0.15) is 11.5 Å². The van der Waals surface area contributed by atoms with Crippen molar-refractivity contribution in [3.05, 3.63) is 20.8 Å². The quantitative estimate of drug-likeness (QED) is 0.762. The Morgan fingerprint density at radius 1 is 1.40 bits per heavy atom. The van der Waals surface area contributed by atoms with E-state index in [0.29, 0.717) is 18.2 Å². The van der Waals surface area contributed by atoms with E-state index in [-0.39, 0.29) is 11.9 Å². The summed E-state index contributed by atoms with van der Waals surface area (Å²) in [4.78, 5) is 26.1. The maximum absolute atomic E-state index is 11.9. The van der Waals surface area contributed by atoms with Crippen LogP contribution in [0.4, 0.5) is 11.5 Å². The molecule has 0 bridgehead atoms. The summed E-state index contributed by atoms with van der Waals surface area (Å²) < 4.78 is 1.45. The number of aromatic amines is 1. The van der Waals surface area contributed by atoms with Crippen molar-refractivity contribution in [3.63, 3.8) is 0 Å². The number of anilines is 2. The molecule has 0 saturated heterocycles. The summed E-state index contributed by atoms with van der Waals surface area (Å²) in [5, 5.41) is 3.22. The van der Waals surface area contributed by atoms with Crippen LogP contribution < -0.4 is 22.3 Å². The van der Waals surface area contributed by atoms with Gasteiger partial charge in [-0.3, -0.25) is 14.3 Å². The third kappa shape index (κ3) is 3.05. The SMILES string of the molecule is CCCCn1c(N)c(NC2CCC(C)C2)c(=O)[nH]c1=O. The summed E-state index contributed by atoms with van der Waals surface area (Å²) in [7, 11) is 0. The van der Waals surface area contributed by atoms with Gasteiger partial charge in [0.2, 0.25) is 0 Å². The number of hydrogen-bond donors (Lipinski definition) is 3. The highest BCUT2D eigenvalue weighted by molar-refractivity contribution is 5.61. The first-order valence-corrected chi connectivity index (χ1v) is 7.42. The van der Waals surface area contributed by atoms with E-state index in [2.05, 4.69) is 17.2 Å². The van der Waals surface area contributed by atoms with E-state index < -0.39 is 11.2 Å². The van der Waals surface area contributed by atoms with Gasteiger partial charge in [0, 0.05) is 12.6 Å². The number of nitrogens with one attached hydrogen (secondary N) is 2. The van der Waals surface area contributed by atoms with Crippen molar-refractivity contribution >= 4 is 11.5 Å². The Balaban J connectivity index is 2.27. The first-order valence-electron chi connectivity index (χ1n) is 7.42. The minimum absolute atomic E-state index is 0.256. The molecule has 1 saturated carbocycles. The van der Waals surface area contributed by atoms with Crippen molar-refractivity contribution in [2.75, 3.05) is 11.1 Å². The number of nitrogens with two attached hydrogens (primary N) is 1. The third-order valence-corrected chi connectivity index (χ3v) is 4.02. The van der Waals surface area contributed by atoms with Crippen molar-refractivity contribution in [2.45, 2.75) is 58.5 Å². The van der Waals surface area contributed by atoms with E-state index >= 15 is 0 Å². The normalized spacial score (nSPS) is 22.1. The van der Waals surface area contributed by atoms with Gasteiger partial charge in [-0.2, -0.15) is 0 Å². The number of aromatic nitrogens is 2. The Morgan fingerprint density at radius 3 is 2.75 bits per heavy atom. The average molecular weight is 280 g/mol. The first kappa shape index (κ1) is 14.7. The predicted molar refractivity (Wildman–Crippen MR) is 81.1 cm³/mol. The van der Waals surface area contributed by atoms with E-state index in [1.807, 2.05) is 6.92 Å². The highest BCUT2D eigenvalue weighted by Gasteiger charge is 2.23. The maximum atomic E-state index is 11.9. The molecule has 0 spiro atoms. The summed E-state index contributed by atoms with van der Waals surface area (Å²) in [6.07, 6.45) is 5.05. The van der Waals surface area contributed by atoms with Gasteiger partial charge in [-0.15, -0.1) is 0 Å². The molecule has 1 aliphatic rings. The third-order valence-electron chi connectivity index (χ3n) is 4.02. The van der Waals surface area contributed by atoms with Crippen LogP contribution in [0.1, 0.15) is 46.0 Å². The van der Waals surface area contributed by atoms with Crippen LogP contribution in [0.3, 0.4) is 0 Å². The molecule has 0 aliphatic heterocycles. The largest absolute Gasteiger partial charge is 0.383 e. The van der Waals surface area contributed by atoms with Crippen LogP contribution >= 0.6 is 0 Å². The van der Waals surface area contributed by atoms with Crippen LogP contribution in [-0.2, 0) is 6.54 Å². The molecule has 1 aromatic rings.